The minimum absolute atomic E-state index is 0.131. The van der Waals surface area contributed by atoms with Gasteiger partial charge in [-0.15, -0.1) is 0 Å². The summed E-state index contributed by atoms with van der Waals surface area (Å²) in [5.41, 5.74) is 9.57. The van der Waals surface area contributed by atoms with Gasteiger partial charge in [0, 0.05) is 28.0 Å². The number of rotatable bonds is 5. The normalized spacial score (nSPS) is 11.0. The molecule has 142 valence electrons. The number of hydrogen-bond acceptors (Lipinski definition) is 3. The van der Waals surface area contributed by atoms with Crippen LogP contribution >= 0.6 is 0 Å². The molecule has 0 saturated heterocycles. The van der Waals surface area contributed by atoms with Crippen molar-refractivity contribution in [2.75, 3.05) is 0 Å². The van der Waals surface area contributed by atoms with Crippen molar-refractivity contribution in [3.63, 3.8) is 0 Å². The Morgan fingerprint density at radius 1 is 0.964 bits per heavy atom. The van der Waals surface area contributed by atoms with Gasteiger partial charge in [-0.2, -0.15) is 0 Å². The summed E-state index contributed by atoms with van der Waals surface area (Å²) in [6, 6.07) is 13.8. The summed E-state index contributed by atoms with van der Waals surface area (Å²) in [6.07, 6.45) is 4.64. The Balaban J connectivity index is 1.35. The zero-order valence-electron chi connectivity index (χ0n) is 15.5. The molecule has 6 nitrogen and oxygen atoms in total. The number of hydrogen-bond donors (Lipinski definition) is 3. The number of benzene rings is 2. The summed E-state index contributed by atoms with van der Waals surface area (Å²) in [7, 11) is 0. The van der Waals surface area contributed by atoms with E-state index in [4.69, 9.17) is 4.42 Å². The van der Waals surface area contributed by atoms with Gasteiger partial charge in [0.05, 0.1) is 19.1 Å². The quantitative estimate of drug-likeness (QED) is 0.467. The van der Waals surface area contributed by atoms with E-state index in [1.807, 2.05) is 48.7 Å². The summed E-state index contributed by atoms with van der Waals surface area (Å²) >= 11 is 0. The van der Waals surface area contributed by atoms with Crippen LogP contribution < -0.4 is 10.9 Å². The number of amides is 2. The average molecular weight is 375 g/mol. The van der Waals surface area contributed by atoms with Crippen molar-refractivity contribution in [2.24, 2.45) is 0 Å². The van der Waals surface area contributed by atoms with Crippen molar-refractivity contribution in [2.45, 2.75) is 26.2 Å². The molecule has 0 atom stereocenters. The summed E-state index contributed by atoms with van der Waals surface area (Å²) < 4.78 is 5.56. The van der Waals surface area contributed by atoms with Crippen molar-refractivity contribution in [1.29, 1.82) is 0 Å². The van der Waals surface area contributed by atoms with Crippen LogP contribution in [0.4, 0.5) is 0 Å². The lowest BCUT2D eigenvalue weighted by Gasteiger charge is -2.07. The standard InChI is InChI=1S/C22H21N3O3/c1-2-14-7-8-18-16(13-28-20(18)9-14)11-22(27)25-24-21(26)10-15-12-23-19-6-4-3-5-17(15)19/h3-9,12-13,23H,2,10-11H2,1H3,(H,24,26)(H,25,27). The van der Waals surface area contributed by atoms with Crippen LogP contribution in [-0.4, -0.2) is 16.8 Å². The van der Waals surface area contributed by atoms with Gasteiger partial charge in [0.2, 0.25) is 11.8 Å². The molecule has 2 heterocycles. The van der Waals surface area contributed by atoms with Crippen LogP contribution in [0.5, 0.6) is 0 Å². The summed E-state index contributed by atoms with van der Waals surface area (Å²) in [6.45, 7) is 2.08. The van der Waals surface area contributed by atoms with E-state index in [2.05, 4.69) is 22.8 Å². The van der Waals surface area contributed by atoms with Gasteiger partial charge in [-0.3, -0.25) is 20.4 Å². The zero-order valence-corrected chi connectivity index (χ0v) is 15.5. The van der Waals surface area contributed by atoms with Crippen LogP contribution in [0.1, 0.15) is 23.6 Å². The average Bonchev–Trinajstić information content (AvgIpc) is 3.30. The second-order valence-electron chi connectivity index (χ2n) is 6.75. The van der Waals surface area contributed by atoms with Crippen LogP contribution in [0, 0.1) is 0 Å². The van der Waals surface area contributed by atoms with Gasteiger partial charge in [0.15, 0.2) is 0 Å². The first-order valence-corrected chi connectivity index (χ1v) is 9.25. The van der Waals surface area contributed by atoms with E-state index in [0.29, 0.717) is 0 Å². The van der Waals surface area contributed by atoms with Crippen molar-refractivity contribution in [3.8, 4) is 0 Å². The van der Waals surface area contributed by atoms with E-state index < -0.39 is 0 Å². The number of para-hydroxylation sites is 1. The van der Waals surface area contributed by atoms with Crippen LogP contribution in [0.3, 0.4) is 0 Å². The van der Waals surface area contributed by atoms with E-state index >= 15 is 0 Å². The largest absolute Gasteiger partial charge is 0.464 e. The van der Waals surface area contributed by atoms with Crippen LogP contribution in [0.2, 0.25) is 0 Å². The summed E-state index contributed by atoms with van der Waals surface area (Å²) in [5.74, 6) is -0.572. The molecule has 0 aliphatic heterocycles. The first-order chi connectivity index (χ1) is 13.6. The van der Waals surface area contributed by atoms with Crippen molar-refractivity contribution < 1.29 is 14.0 Å². The Labute approximate surface area is 161 Å². The maximum absolute atomic E-state index is 12.2. The van der Waals surface area contributed by atoms with E-state index in [1.54, 1.807) is 6.26 Å². The van der Waals surface area contributed by atoms with Crippen molar-refractivity contribution in [1.82, 2.24) is 15.8 Å². The summed E-state index contributed by atoms with van der Waals surface area (Å²) in [5, 5.41) is 1.91. The second-order valence-corrected chi connectivity index (χ2v) is 6.75. The third-order valence-corrected chi connectivity index (χ3v) is 4.85. The number of aromatic nitrogens is 1. The third-order valence-electron chi connectivity index (χ3n) is 4.85. The molecule has 2 aromatic carbocycles. The van der Waals surface area contributed by atoms with E-state index in [9.17, 15) is 9.59 Å². The Bertz CT molecular complexity index is 1160. The van der Waals surface area contributed by atoms with Gasteiger partial charge in [-0.05, 0) is 29.7 Å². The molecule has 0 saturated carbocycles. The molecule has 3 N–H and O–H groups in total. The van der Waals surface area contributed by atoms with E-state index in [1.165, 1.54) is 5.56 Å². The number of nitrogens with one attached hydrogen (secondary N) is 3. The highest BCUT2D eigenvalue weighted by molar-refractivity contribution is 5.91. The smallest absolute Gasteiger partial charge is 0.242 e. The van der Waals surface area contributed by atoms with Gasteiger partial charge in [0.1, 0.15) is 5.58 Å². The molecule has 2 amide bonds. The number of aryl methyl sites for hydroxylation is 1. The lowest BCUT2D eigenvalue weighted by molar-refractivity contribution is -0.128. The fourth-order valence-electron chi connectivity index (χ4n) is 3.34. The van der Waals surface area contributed by atoms with Crippen LogP contribution in [0.25, 0.3) is 21.9 Å². The molecule has 2 aromatic heterocycles. The predicted molar refractivity (Wildman–Crippen MR) is 108 cm³/mol. The lowest BCUT2D eigenvalue weighted by atomic mass is 10.1. The van der Waals surface area contributed by atoms with Gasteiger partial charge in [-0.1, -0.05) is 37.3 Å². The Hall–Kier alpha value is -3.54. The number of carbonyl (C=O) groups excluding carboxylic acids is 2. The molecule has 28 heavy (non-hydrogen) atoms. The molecule has 4 aromatic rings. The maximum atomic E-state index is 12.2. The lowest BCUT2D eigenvalue weighted by Crippen LogP contribution is -2.43. The van der Waals surface area contributed by atoms with E-state index in [-0.39, 0.29) is 24.7 Å². The number of furan rings is 1. The van der Waals surface area contributed by atoms with Crippen LogP contribution in [0.15, 0.2) is 59.3 Å². The minimum Gasteiger partial charge on any atom is -0.464 e. The molecule has 0 unspecified atom stereocenters. The Morgan fingerprint density at radius 2 is 1.71 bits per heavy atom. The molecular formula is C22H21N3O3. The predicted octanol–water partition coefficient (Wildman–Crippen LogP) is 3.41. The van der Waals surface area contributed by atoms with Crippen molar-refractivity contribution >= 4 is 33.7 Å². The highest BCUT2D eigenvalue weighted by Crippen LogP contribution is 2.23. The van der Waals surface area contributed by atoms with Gasteiger partial charge in [-0.25, -0.2) is 0 Å². The topological polar surface area (TPSA) is 87.1 Å². The third kappa shape index (κ3) is 3.62. The molecule has 4 rings (SSSR count). The number of hydrazine groups is 1. The number of H-pyrrole nitrogens is 1. The molecular weight excluding hydrogens is 354 g/mol. The van der Waals surface area contributed by atoms with Gasteiger partial charge in [0.25, 0.3) is 0 Å². The highest BCUT2D eigenvalue weighted by atomic mass is 16.3. The molecule has 6 heteroatoms. The monoisotopic (exact) mass is 375 g/mol. The number of aromatic amines is 1. The maximum Gasteiger partial charge on any atom is 0.242 e. The first kappa shape index (κ1) is 17.9. The molecule has 0 bridgehead atoms. The molecule has 0 aliphatic rings. The molecule has 0 aliphatic carbocycles. The number of carbonyl (C=O) groups is 2. The zero-order chi connectivity index (χ0) is 19.5. The number of fused-ring (bicyclic) bond motifs is 2. The Kier molecular flexibility index (Phi) is 4.85. The fourth-order valence-corrected chi connectivity index (χ4v) is 3.34. The SMILES string of the molecule is CCc1ccc2c(CC(=O)NNC(=O)Cc3c[nH]c4ccccc34)coc2c1. The van der Waals surface area contributed by atoms with Crippen LogP contribution in [-0.2, 0) is 28.9 Å². The van der Waals surface area contributed by atoms with Crippen molar-refractivity contribution in [3.05, 3.63) is 71.6 Å². The Morgan fingerprint density at radius 3 is 2.50 bits per heavy atom. The molecule has 0 radical (unpaired) electrons. The second kappa shape index (κ2) is 7.60. The highest BCUT2D eigenvalue weighted by Gasteiger charge is 2.13. The molecule has 0 spiro atoms. The summed E-state index contributed by atoms with van der Waals surface area (Å²) in [4.78, 5) is 27.5. The minimum atomic E-state index is -0.297. The van der Waals surface area contributed by atoms with Gasteiger partial charge >= 0.3 is 0 Å². The molecule has 0 fully saturated rings. The fraction of sp³-hybridized carbons (Fsp3) is 0.182. The first-order valence-electron chi connectivity index (χ1n) is 9.25. The van der Waals surface area contributed by atoms with E-state index in [0.717, 1.165) is 39.4 Å². The van der Waals surface area contributed by atoms with Gasteiger partial charge < -0.3 is 9.40 Å².